The van der Waals surface area contributed by atoms with Gasteiger partial charge in [-0.15, -0.1) is 11.3 Å². The molecule has 1 saturated carbocycles. The monoisotopic (exact) mass is 327 g/mol. The van der Waals surface area contributed by atoms with E-state index in [9.17, 15) is 4.79 Å². The molecule has 1 aliphatic rings. The number of hydrogen-bond donors (Lipinski definition) is 3. The van der Waals surface area contributed by atoms with Crippen LogP contribution in [0.3, 0.4) is 0 Å². The van der Waals surface area contributed by atoms with Crippen LogP contribution in [0, 0.1) is 0 Å². The number of H-pyrrole nitrogens is 1. The summed E-state index contributed by atoms with van der Waals surface area (Å²) in [5.41, 5.74) is 2.13. The van der Waals surface area contributed by atoms with Gasteiger partial charge in [0.05, 0.1) is 11.0 Å². The van der Waals surface area contributed by atoms with Gasteiger partial charge in [-0.1, -0.05) is 25.0 Å². The van der Waals surface area contributed by atoms with E-state index in [2.05, 4.69) is 25.6 Å². The molecular weight excluding hydrogens is 310 g/mol. The first kappa shape index (κ1) is 14.2. The van der Waals surface area contributed by atoms with Crippen molar-refractivity contribution in [2.45, 2.75) is 31.7 Å². The first-order valence-corrected chi connectivity index (χ1v) is 8.64. The Morgan fingerprint density at radius 1 is 1.22 bits per heavy atom. The quantitative estimate of drug-likeness (QED) is 0.683. The normalized spacial score (nSPS) is 15.1. The van der Waals surface area contributed by atoms with Crippen LogP contribution in [0.1, 0.15) is 36.2 Å². The molecular formula is C16H17N5OS. The number of thiazole rings is 1. The highest BCUT2D eigenvalue weighted by atomic mass is 32.1. The summed E-state index contributed by atoms with van der Waals surface area (Å²) in [7, 11) is 0. The van der Waals surface area contributed by atoms with Gasteiger partial charge in [0.1, 0.15) is 5.69 Å². The molecule has 0 atom stereocenters. The minimum Gasteiger partial charge on any atom is -0.359 e. The number of hydrogen-bond acceptors (Lipinski definition) is 5. The number of para-hydroxylation sites is 2. The number of fused-ring (bicyclic) bond motifs is 1. The number of anilines is 2. The number of aromatic amines is 1. The van der Waals surface area contributed by atoms with Crippen LogP contribution in [0.25, 0.3) is 11.0 Å². The molecule has 118 valence electrons. The third kappa shape index (κ3) is 3.05. The van der Waals surface area contributed by atoms with E-state index in [0.29, 0.717) is 17.7 Å². The molecule has 2 aromatic heterocycles. The smallest absolute Gasteiger partial charge is 0.277 e. The van der Waals surface area contributed by atoms with E-state index in [-0.39, 0.29) is 5.91 Å². The Bertz CT molecular complexity index is 801. The van der Waals surface area contributed by atoms with Crippen LogP contribution in [-0.4, -0.2) is 26.9 Å². The fourth-order valence-corrected chi connectivity index (χ4v) is 3.64. The molecule has 0 saturated heterocycles. The molecule has 0 unspecified atom stereocenters. The van der Waals surface area contributed by atoms with Crippen molar-refractivity contribution in [2.24, 2.45) is 0 Å². The van der Waals surface area contributed by atoms with Gasteiger partial charge in [0.15, 0.2) is 5.13 Å². The predicted molar refractivity (Wildman–Crippen MR) is 92.0 cm³/mol. The zero-order chi connectivity index (χ0) is 15.6. The van der Waals surface area contributed by atoms with Crippen molar-refractivity contribution in [3.8, 4) is 0 Å². The van der Waals surface area contributed by atoms with Gasteiger partial charge in [0, 0.05) is 11.4 Å². The summed E-state index contributed by atoms with van der Waals surface area (Å²) >= 11 is 1.47. The number of aromatic nitrogens is 3. The van der Waals surface area contributed by atoms with Crippen molar-refractivity contribution in [2.75, 3.05) is 10.6 Å². The van der Waals surface area contributed by atoms with Crippen molar-refractivity contribution < 1.29 is 4.79 Å². The Labute approximate surface area is 137 Å². The van der Waals surface area contributed by atoms with Crippen LogP contribution >= 0.6 is 11.3 Å². The molecule has 4 rings (SSSR count). The maximum atomic E-state index is 12.3. The lowest BCUT2D eigenvalue weighted by Gasteiger charge is -2.09. The summed E-state index contributed by atoms with van der Waals surface area (Å²) in [4.78, 5) is 24.1. The van der Waals surface area contributed by atoms with Gasteiger partial charge in [-0.25, -0.2) is 9.97 Å². The second kappa shape index (κ2) is 6.00. The van der Waals surface area contributed by atoms with Crippen LogP contribution in [-0.2, 0) is 0 Å². The molecule has 0 aliphatic heterocycles. The molecule has 1 aromatic carbocycles. The molecule has 0 bridgehead atoms. The van der Waals surface area contributed by atoms with E-state index in [0.717, 1.165) is 16.2 Å². The minimum absolute atomic E-state index is 0.250. The molecule has 1 fully saturated rings. The van der Waals surface area contributed by atoms with Gasteiger partial charge < -0.3 is 10.3 Å². The molecule has 2 heterocycles. The molecule has 23 heavy (non-hydrogen) atoms. The Kier molecular flexibility index (Phi) is 3.70. The fraction of sp³-hybridized carbons (Fsp3) is 0.312. The van der Waals surface area contributed by atoms with Crippen molar-refractivity contribution in [1.82, 2.24) is 15.0 Å². The molecule has 3 aromatic rings. The van der Waals surface area contributed by atoms with Gasteiger partial charge >= 0.3 is 0 Å². The van der Waals surface area contributed by atoms with Crippen LogP contribution < -0.4 is 10.6 Å². The average Bonchev–Trinajstić information content (AvgIpc) is 3.27. The number of amides is 1. The zero-order valence-corrected chi connectivity index (χ0v) is 13.3. The summed E-state index contributed by atoms with van der Waals surface area (Å²) in [5.74, 6) is 0.189. The maximum Gasteiger partial charge on any atom is 0.277 e. The predicted octanol–water partition coefficient (Wildman–Crippen LogP) is 3.63. The zero-order valence-electron chi connectivity index (χ0n) is 12.5. The number of nitrogens with zero attached hydrogens (tertiary/aromatic N) is 2. The SMILES string of the molecule is O=C(Nc1nc2ccccc2[nH]1)c1csc(NC2CCCC2)n1. The lowest BCUT2D eigenvalue weighted by molar-refractivity contribution is 0.102. The van der Waals surface area contributed by atoms with Gasteiger partial charge in [0.25, 0.3) is 5.91 Å². The van der Waals surface area contributed by atoms with Crippen LogP contribution in [0.5, 0.6) is 0 Å². The molecule has 0 radical (unpaired) electrons. The highest BCUT2D eigenvalue weighted by Gasteiger charge is 2.18. The number of benzene rings is 1. The third-order valence-corrected chi connectivity index (χ3v) is 4.81. The summed E-state index contributed by atoms with van der Waals surface area (Å²) in [6, 6.07) is 8.15. The number of imidazole rings is 1. The summed E-state index contributed by atoms with van der Waals surface area (Å²) in [6.45, 7) is 0. The second-order valence-electron chi connectivity index (χ2n) is 5.72. The second-order valence-corrected chi connectivity index (χ2v) is 6.58. The first-order valence-electron chi connectivity index (χ1n) is 7.76. The van der Waals surface area contributed by atoms with E-state index in [1.165, 1.54) is 37.0 Å². The minimum atomic E-state index is -0.250. The fourth-order valence-electron chi connectivity index (χ4n) is 2.87. The van der Waals surface area contributed by atoms with Crippen molar-refractivity contribution >= 4 is 39.4 Å². The Morgan fingerprint density at radius 2 is 2.04 bits per heavy atom. The molecule has 1 amide bonds. The molecule has 7 heteroatoms. The van der Waals surface area contributed by atoms with Crippen LogP contribution in [0.4, 0.5) is 11.1 Å². The first-order chi connectivity index (χ1) is 11.3. The Balaban J connectivity index is 1.45. The summed E-state index contributed by atoms with van der Waals surface area (Å²) < 4.78 is 0. The topological polar surface area (TPSA) is 82.7 Å². The van der Waals surface area contributed by atoms with E-state index >= 15 is 0 Å². The van der Waals surface area contributed by atoms with Crippen molar-refractivity contribution in [3.05, 3.63) is 35.3 Å². The Hall–Kier alpha value is -2.41. The van der Waals surface area contributed by atoms with Gasteiger partial charge in [-0.05, 0) is 25.0 Å². The van der Waals surface area contributed by atoms with E-state index in [1.807, 2.05) is 24.3 Å². The van der Waals surface area contributed by atoms with Crippen molar-refractivity contribution in [1.29, 1.82) is 0 Å². The highest BCUT2D eigenvalue weighted by molar-refractivity contribution is 7.13. The third-order valence-electron chi connectivity index (χ3n) is 4.04. The van der Waals surface area contributed by atoms with Gasteiger partial charge in [0.2, 0.25) is 5.95 Å². The van der Waals surface area contributed by atoms with E-state index < -0.39 is 0 Å². The average molecular weight is 327 g/mol. The molecule has 6 nitrogen and oxygen atoms in total. The van der Waals surface area contributed by atoms with Gasteiger partial charge in [-0.2, -0.15) is 0 Å². The van der Waals surface area contributed by atoms with E-state index in [4.69, 9.17) is 0 Å². The number of carbonyl (C=O) groups is 1. The van der Waals surface area contributed by atoms with Crippen LogP contribution in [0.15, 0.2) is 29.6 Å². The van der Waals surface area contributed by atoms with Crippen LogP contribution in [0.2, 0.25) is 0 Å². The Morgan fingerprint density at radius 3 is 2.87 bits per heavy atom. The number of nitrogens with one attached hydrogen (secondary N) is 3. The summed E-state index contributed by atoms with van der Waals surface area (Å²) in [6.07, 6.45) is 4.89. The number of rotatable bonds is 4. The lowest BCUT2D eigenvalue weighted by Crippen LogP contribution is -2.16. The standard InChI is InChI=1S/C16H17N5OS/c22-14(21-15-18-11-7-3-4-8-12(11)19-15)13-9-23-16(20-13)17-10-5-1-2-6-10/h3-4,7-10H,1-2,5-6H2,(H,17,20)(H2,18,19,21,22). The molecule has 3 N–H and O–H groups in total. The van der Waals surface area contributed by atoms with Gasteiger partial charge in [-0.3, -0.25) is 10.1 Å². The van der Waals surface area contributed by atoms with Crippen molar-refractivity contribution in [3.63, 3.8) is 0 Å². The highest BCUT2D eigenvalue weighted by Crippen LogP contribution is 2.24. The summed E-state index contributed by atoms with van der Waals surface area (Å²) in [5, 5.41) is 8.76. The molecule has 0 spiro atoms. The largest absolute Gasteiger partial charge is 0.359 e. The lowest BCUT2D eigenvalue weighted by atomic mass is 10.3. The number of carbonyl (C=O) groups excluding carboxylic acids is 1. The maximum absolute atomic E-state index is 12.3. The van der Waals surface area contributed by atoms with E-state index in [1.54, 1.807) is 5.38 Å². The molecule has 1 aliphatic carbocycles.